The predicted molar refractivity (Wildman–Crippen MR) is 115 cm³/mol. The summed E-state index contributed by atoms with van der Waals surface area (Å²) < 4.78 is 14.0. The fourth-order valence-corrected chi connectivity index (χ4v) is 5.58. The first-order valence-corrected chi connectivity index (χ1v) is 11.2. The number of benzene rings is 1. The summed E-state index contributed by atoms with van der Waals surface area (Å²) in [4.78, 5) is 17.0. The summed E-state index contributed by atoms with van der Waals surface area (Å²) in [5.41, 5.74) is 3.21. The lowest BCUT2D eigenvalue weighted by molar-refractivity contribution is 0.103. The molecule has 28 heavy (non-hydrogen) atoms. The molecule has 0 spiro atoms. The van der Waals surface area contributed by atoms with Gasteiger partial charge in [-0.2, -0.15) is 0 Å². The summed E-state index contributed by atoms with van der Waals surface area (Å²) in [7, 11) is 0. The first kappa shape index (κ1) is 19.3. The minimum atomic E-state index is -0.226. The Morgan fingerprint density at radius 1 is 1.18 bits per heavy atom. The molecule has 1 aliphatic heterocycles. The van der Waals surface area contributed by atoms with Gasteiger partial charge in [0.05, 0.1) is 10.9 Å². The smallest absolute Gasteiger partial charge is 0.266 e. The predicted octanol–water partition coefficient (Wildman–Crippen LogP) is 6.00. The number of anilines is 1. The number of halogens is 1. The van der Waals surface area contributed by atoms with Crippen LogP contribution in [0.5, 0.6) is 0 Å². The average Bonchev–Trinajstić information content (AvgIpc) is 3.42. The molecule has 1 N–H and O–H groups in total. The summed E-state index contributed by atoms with van der Waals surface area (Å²) in [6.07, 6.45) is 2.29. The Kier molecular flexibility index (Phi) is 5.62. The van der Waals surface area contributed by atoms with Crippen molar-refractivity contribution in [1.29, 1.82) is 0 Å². The van der Waals surface area contributed by atoms with Gasteiger partial charge in [0, 0.05) is 10.4 Å². The molecule has 1 saturated heterocycles. The van der Waals surface area contributed by atoms with Crippen LogP contribution in [-0.2, 0) is 0 Å². The lowest BCUT2D eigenvalue weighted by atomic mass is 9.95. The normalized spacial score (nSPS) is 15.7. The number of carbonyl (C=O) groups is 1. The number of nitrogens with zero attached hydrogens (tertiary/aromatic N) is 1. The van der Waals surface area contributed by atoms with E-state index >= 15 is 0 Å². The van der Waals surface area contributed by atoms with Crippen molar-refractivity contribution in [2.45, 2.75) is 32.7 Å². The van der Waals surface area contributed by atoms with Crippen LogP contribution in [-0.4, -0.2) is 23.9 Å². The molecule has 2 aromatic heterocycles. The average molecular weight is 415 g/mol. The third-order valence-electron chi connectivity index (χ3n) is 5.35. The molecule has 0 bridgehead atoms. The highest BCUT2D eigenvalue weighted by atomic mass is 32.1. The molecule has 1 fully saturated rings. The van der Waals surface area contributed by atoms with E-state index in [2.05, 4.69) is 24.1 Å². The molecular formula is C22H23FN2OS2. The highest BCUT2D eigenvalue weighted by molar-refractivity contribution is 7.17. The summed E-state index contributed by atoms with van der Waals surface area (Å²) in [5.74, 6) is -0.313. The summed E-state index contributed by atoms with van der Waals surface area (Å²) >= 11 is 3.04. The van der Waals surface area contributed by atoms with Crippen LogP contribution in [0.1, 0.15) is 50.1 Å². The fourth-order valence-electron chi connectivity index (χ4n) is 3.88. The van der Waals surface area contributed by atoms with E-state index in [1.54, 1.807) is 23.5 Å². The first-order valence-electron chi connectivity index (χ1n) is 9.49. The second-order valence-corrected chi connectivity index (χ2v) is 9.33. The van der Waals surface area contributed by atoms with Crippen LogP contribution in [0.4, 0.5) is 9.39 Å². The molecule has 0 aliphatic carbocycles. The van der Waals surface area contributed by atoms with Crippen LogP contribution in [0, 0.1) is 19.7 Å². The van der Waals surface area contributed by atoms with Gasteiger partial charge in [0.1, 0.15) is 10.8 Å². The number of hydrogen-bond donors (Lipinski definition) is 1. The Balaban J connectivity index is 1.78. The molecule has 1 amide bonds. The molecule has 1 atom stereocenters. The number of nitrogens with one attached hydrogen (secondary N) is 1. The number of hydrogen-bond acceptors (Lipinski definition) is 4. The van der Waals surface area contributed by atoms with E-state index in [-0.39, 0.29) is 17.8 Å². The zero-order chi connectivity index (χ0) is 19.7. The third kappa shape index (κ3) is 3.77. The van der Waals surface area contributed by atoms with Gasteiger partial charge in [-0.1, -0.05) is 18.2 Å². The van der Waals surface area contributed by atoms with Gasteiger partial charge in [-0.15, -0.1) is 22.7 Å². The molecule has 3 nitrogen and oxygen atoms in total. The maximum absolute atomic E-state index is 14.0. The fraction of sp³-hybridized carbons (Fsp3) is 0.318. The number of aryl methyl sites for hydroxylation is 1. The van der Waals surface area contributed by atoms with E-state index in [1.165, 1.54) is 27.8 Å². The second-order valence-electron chi connectivity index (χ2n) is 7.16. The zero-order valence-electron chi connectivity index (χ0n) is 16.0. The topological polar surface area (TPSA) is 32.3 Å². The lowest BCUT2D eigenvalue weighted by Crippen LogP contribution is -2.28. The van der Waals surface area contributed by atoms with Crippen molar-refractivity contribution < 1.29 is 9.18 Å². The molecule has 0 unspecified atom stereocenters. The van der Waals surface area contributed by atoms with Crippen LogP contribution in [0.25, 0.3) is 0 Å². The minimum absolute atomic E-state index is 0.0539. The van der Waals surface area contributed by atoms with Crippen molar-refractivity contribution in [1.82, 2.24) is 4.90 Å². The first-order chi connectivity index (χ1) is 13.5. The van der Waals surface area contributed by atoms with Crippen LogP contribution in [0.2, 0.25) is 0 Å². The Bertz CT molecular complexity index is 975. The van der Waals surface area contributed by atoms with E-state index in [1.807, 2.05) is 23.6 Å². The Morgan fingerprint density at radius 2 is 1.96 bits per heavy atom. The summed E-state index contributed by atoms with van der Waals surface area (Å²) in [6.45, 7) is 6.14. The quantitative estimate of drug-likeness (QED) is 0.555. The molecule has 1 aliphatic rings. The molecular weight excluding hydrogens is 391 g/mol. The number of likely N-dealkylation sites (tertiary alicyclic amines) is 1. The van der Waals surface area contributed by atoms with E-state index in [9.17, 15) is 9.18 Å². The molecule has 6 heteroatoms. The van der Waals surface area contributed by atoms with E-state index in [4.69, 9.17) is 0 Å². The van der Waals surface area contributed by atoms with Crippen LogP contribution in [0.15, 0.2) is 41.8 Å². The Hall–Kier alpha value is -2.02. The number of carbonyl (C=O) groups excluding carboxylic acids is 1. The maximum atomic E-state index is 14.0. The molecule has 4 rings (SSSR count). The van der Waals surface area contributed by atoms with Gasteiger partial charge in [-0.05, 0) is 74.5 Å². The monoisotopic (exact) mass is 414 g/mol. The van der Waals surface area contributed by atoms with E-state index < -0.39 is 0 Å². The van der Waals surface area contributed by atoms with E-state index in [0.29, 0.717) is 4.88 Å². The van der Waals surface area contributed by atoms with Gasteiger partial charge in [0.2, 0.25) is 0 Å². The number of rotatable bonds is 5. The maximum Gasteiger partial charge on any atom is 0.266 e. The van der Waals surface area contributed by atoms with Gasteiger partial charge >= 0.3 is 0 Å². The zero-order valence-corrected chi connectivity index (χ0v) is 17.6. The van der Waals surface area contributed by atoms with Gasteiger partial charge < -0.3 is 5.32 Å². The largest absolute Gasteiger partial charge is 0.313 e. The highest BCUT2D eigenvalue weighted by Gasteiger charge is 2.31. The van der Waals surface area contributed by atoms with Crippen molar-refractivity contribution in [3.63, 3.8) is 0 Å². The SMILES string of the molecule is Cc1sc(NC(=O)c2cccs2)c([C@@H](c2cccc(F)c2)N2CCCC2)c1C. The van der Waals surface area contributed by atoms with Gasteiger partial charge in [-0.3, -0.25) is 9.69 Å². The van der Waals surface area contributed by atoms with Crippen molar-refractivity contribution in [2.75, 3.05) is 18.4 Å². The van der Waals surface area contributed by atoms with Crippen molar-refractivity contribution >= 4 is 33.6 Å². The summed E-state index contributed by atoms with van der Waals surface area (Å²) in [6, 6.07) is 10.5. The summed E-state index contributed by atoms with van der Waals surface area (Å²) in [5, 5.41) is 5.91. The van der Waals surface area contributed by atoms with Crippen molar-refractivity contribution in [3.05, 3.63) is 74.0 Å². The van der Waals surface area contributed by atoms with Crippen LogP contribution < -0.4 is 5.32 Å². The highest BCUT2D eigenvalue weighted by Crippen LogP contribution is 2.43. The number of amides is 1. The molecule has 3 heterocycles. The Labute approximate surface area is 172 Å². The number of thiophene rings is 2. The lowest BCUT2D eigenvalue weighted by Gasteiger charge is -2.29. The molecule has 1 aromatic carbocycles. The van der Waals surface area contributed by atoms with Crippen molar-refractivity contribution in [3.8, 4) is 0 Å². The molecule has 0 radical (unpaired) electrons. The molecule has 0 saturated carbocycles. The van der Waals surface area contributed by atoms with Gasteiger partial charge in [0.15, 0.2) is 0 Å². The Morgan fingerprint density at radius 3 is 2.64 bits per heavy atom. The second kappa shape index (κ2) is 8.15. The minimum Gasteiger partial charge on any atom is -0.313 e. The standard InChI is InChI=1S/C22H23FN2OS2/c1-14-15(2)28-22(24-21(26)18-9-6-12-27-18)19(14)20(25-10-3-4-11-25)16-7-5-8-17(23)13-16/h5-9,12-13,20H,3-4,10-11H2,1-2H3,(H,24,26)/t20-/m1/s1. The molecule has 3 aromatic rings. The van der Waals surface area contributed by atoms with Gasteiger partial charge in [-0.25, -0.2) is 4.39 Å². The van der Waals surface area contributed by atoms with Crippen LogP contribution >= 0.6 is 22.7 Å². The van der Waals surface area contributed by atoms with Gasteiger partial charge in [0.25, 0.3) is 5.91 Å². The third-order valence-corrected chi connectivity index (χ3v) is 7.35. The van der Waals surface area contributed by atoms with Crippen molar-refractivity contribution in [2.24, 2.45) is 0 Å². The van der Waals surface area contributed by atoms with E-state index in [0.717, 1.165) is 42.1 Å². The molecule has 146 valence electrons. The van der Waals surface area contributed by atoms with Crippen LogP contribution in [0.3, 0.4) is 0 Å².